The van der Waals surface area contributed by atoms with Gasteiger partial charge in [-0.15, -0.1) is 0 Å². The second-order valence-electron chi connectivity index (χ2n) is 7.44. The van der Waals surface area contributed by atoms with Gasteiger partial charge in [-0.1, -0.05) is 12.1 Å². The van der Waals surface area contributed by atoms with Gasteiger partial charge in [-0.25, -0.2) is 9.97 Å². The van der Waals surface area contributed by atoms with E-state index in [1.165, 1.54) is 30.5 Å². The van der Waals surface area contributed by atoms with Crippen LogP contribution in [0.3, 0.4) is 0 Å². The molecule has 0 radical (unpaired) electrons. The first kappa shape index (κ1) is 17.8. The van der Waals surface area contributed by atoms with Crippen LogP contribution in [0.2, 0.25) is 0 Å². The largest absolute Gasteiger partial charge is 0.368 e. The highest BCUT2D eigenvalue weighted by Crippen LogP contribution is 2.19. The summed E-state index contributed by atoms with van der Waals surface area (Å²) in [6.45, 7) is 7.27. The minimum atomic E-state index is 0.0316. The molecule has 0 bridgehead atoms. The highest BCUT2D eigenvalue weighted by molar-refractivity contribution is 5.93. The summed E-state index contributed by atoms with van der Waals surface area (Å²) < 4.78 is 0. The van der Waals surface area contributed by atoms with E-state index in [9.17, 15) is 4.79 Å². The first-order valence-electron chi connectivity index (χ1n) is 9.88. The highest BCUT2D eigenvalue weighted by atomic mass is 16.2. The number of rotatable bonds is 3. The van der Waals surface area contributed by atoms with Crippen molar-refractivity contribution in [1.29, 1.82) is 0 Å². The summed E-state index contributed by atoms with van der Waals surface area (Å²) in [7, 11) is 0. The van der Waals surface area contributed by atoms with E-state index in [0.29, 0.717) is 5.56 Å². The number of piperidine rings is 1. The van der Waals surface area contributed by atoms with Crippen molar-refractivity contribution in [2.45, 2.75) is 26.2 Å². The average molecular weight is 365 g/mol. The lowest BCUT2D eigenvalue weighted by Gasteiger charge is -2.36. The van der Waals surface area contributed by atoms with Crippen LogP contribution in [-0.4, -0.2) is 60.0 Å². The minimum Gasteiger partial charge on any atom is -0.368 e. The van der Waals surface area contributed by atoms with Crippen molar-refractivity contribution < 1.29 is 4.79 Å². The number of carbonyl (C=O) groups excluding carboxylic acids is 1. The van der Waals surface area contributed by atoms with E-state index in [1.807, 2.05) is 4.90 Å². The fourth-order valence-electron chi connectivity index (χ4n) is 3.86. The number of aryl methyl sites for hydroxylation is 1. The van der Waals surface area contributed by atoms with E-state index in [1.54, 1.807) is 12.4 Å². The fraction of sp³-hybridized carbons (Fsp3) is 0.476. The lowest BCUT2D eigenvalue weighted by Crippen LogP contribution is -2.48. The van der Waals surface area contributed by atoms with Crippen molar-refractivity contribution in [3.05, 3.63) is 47.8 Å². The Morgan fingerprint density at radius 2 is 1.59 bits per heavy atom. The molecular formula is C21H27N5O. The lowest BCUT2D eigenvalue weighted by atomic mass is 10.1. The molecule has 2 aromatic rings. The molecule has 27 heavy (non-hydrogen) atoms. The zero-order chi connectivity index (χ0) is 18.6. The number of aromatic nitrogens is 2. The molecule has 1 aromatic carbocycles. The van der Waals surface area contributed by atoms with E-state index >= 15 is 0 Å². The molecule has 2 fully saturated rings. The van der Waals surface area contributed by atoms with Crippen LogP contribution < -0.4 is 9.80 Å². The van der Waals surface area contributed by atoms with Gasteiger partial charge in [-0.2, -0.15) is 0 Å². The number of anilines is 2. The molecule has 4 rings (SSSR count). The molecule has 2 aliphatic rings. The summed E-state index contributed by atoms with van der Waals surface area (Å²) in [6, 6.07) is 8.53. The van der Waals surface area contributed by atoms with Crippen molar-refractivity contribution in [1.82, 2.24) is 14.9 Å². The smallest absolute Gasteiger partial charge is 0.257 e. The highest BCUT2D eigenvalue weighted by Gasteiger charge is 2.23. The maximum absolute atomic E-state index is 12.8. The molecule has 0 aliphatic carbocycles. The van der Waals surface area contributed by atoms with Gasteiger partial charge in [-0.05, 0) is 43.9 Å². The van der Waals surface area contributed by atoms with Crippen molar-refractivity contribution >= 4 is 17.5 Å². The summed E-state index contributed by atoms with van der Waals surface area (Å²) in [5.74, 6) is 0.777. The molecule has 0 spiro atoms. The Morgan fingerprint density at radius 1 is 0.889 bits per heavy atom. The Labute approximate surface area is 160 Å². The molecule has 3 heterocycles. The molecule has 2 saturated heterocycles. The monoisotopic (exact) mass is 365 g/mol. The van der Waals surface area contributed by atoms with Gasteiger partial charge in [-0.3, -0.25) is 4.79 Å². The first-order valence-corrected chi connectivity index (χ1v) is 9.88. The van der Waals surface area contributed by atoms with Crippen LogP contribution in [0.4, 0.5) is 11.6 Å². The number of amides is 1. The number of benzene rings is 1. The summed E-state index contributed by atoms with van der Waals surface area (Å²) >= 11 is 0. The maximum atomic E-state index is 12.8. The molecule has 0 saturated carbocycles. The zero-order valence-corrected chi connectivity index (χ0v) is 16.0. The molecule has 1 amide bonds. The Balaban J connectivity index is 1.36. The van der Waals surface area contributed by atoms with Gasteiger partial charge >= 0.3 is 0 Å². The van der Waals surface area contributed by atoms with Crippen LogP contribution in [-0.2, 0) is 0 Å². The van der Waals surface area contributed by atoms with Gasteiger partial charge in [0.15, 0.2) is 0 Å². The van der Waals surface area contributed by atoms with Crippen LogP contribution in [0.5, 0.6) is 0 Å². The van der Waals surface area contributed by atoms with Crippen LogP contribution in [0.15, 0.2) is 36.7 Å². The van der Waals surface area contributed by atoms with E-state index in [0.717, 1.165) is 45.2 Å². The number of hydrogen-bond donors (Lipinski definition) is 0. The van der Waals surface area contributed by atoms with E-state index in [4.69, 9.17) is 0 Å². The SMILES string of the molecule is Cc1cccc(N2CCN(C(=O)c3cnc(N4CCCCC4)nc3)CC2)c1. The van der Waals surface area contributed by atoms with E-state index < -0.39 is 0 Å². The average Bonchev–Trinajstić information content (AvgIpc) is 2.74. The third-order valence-electron chi connectivity index (χ3n) is 5.46. The molecule has 0 unspecified atom stereocenters. The summed E-state index contributed by atoms with van der Waals surface area (Å²) in [5, 5.41) is 0. The predicted octanol–water partition coefficient (Wildman–Crippen LogP) is 2.74. The fourth-order valence-corrected chi connectivity index (χ4v) is 3.86. The number of hydrogen-bond acceptors (Lipinski definition) is 5. The second-order valence-corrected chi connectivity index (χ2v) is 7.44. The summed E-state index contributed by atoms with van der Waals surface area (Å²) in [5.41, 5.74) is 3.08. The third kappa shape index (κ3) is 4.04. The van der Waals surface area contributed by atoms with Gasteiger partial charge < -0.3 is 14.7 Å². The van der Waals surface area contributed by atoms with Gasteiger partial charge in [0.1, 0.15) is 0 Å². The Morgan fingerprint density at radius 3 is 2.26 bits per heavy atom. The molecule has 0 N–H and O–H groups in total. The molecule has 0 atom stereocenters. The van der Waals surface area contributed by atoms with Crippen molar-refractivity contribution in [3.63, 3.8) is 0 Å². The number of carbonyl (C=O) groups is 1. The summed E-state index contributed by atoms with van der Waals surface area (Å²) in [4.78, 5) is 28.1. The van der Waals surface area contributed by atoms with Crippen molar-refractivity contribution in [2.75, 3.05) is 49.1 Å². The molecular weight excluding hydrogens is 338 g/mol. The van der Waals surface area contributed by atoms with Gasteiger partial charge in [0.25, 0.3) is 5.91 Å². The van der Waals surface area contributed by atoms with Crippen LogP contribution in [0.1, 0.15) is 35.2 Å². The van der Waals surface area contributed by atoms with E-state index in [-0.39, 0.29) is 5.91 Å². The second kappa shape index (κ2) is 7.94. The molecule has 6 nitrogen and oxygen atoms in total. The van der Waals surface area contributed by atoms with E-state index in [2.05, 4.69) is 51.0 Å². The molecule has 2 aliphatic heterocycles. The third-order valence-corrected chi connectivity index (χ3v) is 5.46. The minimum absolute atomic E-state index is 0.0316. The molecule has 142 valence electrons. The quantitative estimate of drug-likeness (QED) is 0.837. The normalized spacial score (nSPS) is 17.9. The Kier molecular flexibility index (Phi) is 5.23. The molecule has 6 heteroatoms. The predicted molar refractivity (Wildman–Crippen MR) is 107 cm³/mol. The van der Waals surface area contributed by atoms with Gasteiger partial charge in [0.2, 0.25) is 5.95 Å². The summed E-state index contributed by atoms with van der Waals surface area (Å²) in [6.07, 6.45) is 7.03. The van der Waals surface area contributed by atoms with Gasteiger partial charge in [0.05, 0.1) is 5.56 Å². The Bertz CT molecular complexity index is 777. The van der Waals surface area contributed by atoms with Crippen LogP contribution in [0, 0.1) is 6.92 Å². The molecule has 1 aromatic heterocycles. The van der Waals surface area contributed by atoms with Crippen LogP contribution in [0.25, 0.3) is 0 Å². The lowest BCUT2D eigenvalue weighted by molar-refractivity contribution is 0.0746. The number of piperazine rings is 1. The van der Waals surface area contributed by atoms with Crippen molar-refractivity contribution in [3.8, 4) is 0 Å². The maximum Gasteiger partial charge on any atom is 0.257 e. The first-order chi connectivity index (χ1) is 13.2. The standard InChI is InChI=1S/C21H27N5O/c1-17-6-5-7-19(14-17)24-10-12-25(13-11-24)20(27)18-15-22-21(23-16-18)26-8-3-2-4-9-26/h5-7,14-16H,2-4,8-13H2,1H3. The Hall–Kier alpha value is -2.63. The van der Waals surface area contributed by atoms with Crippen molar-refractivity contribution in [2.24, 2.45) is 0 Å². The zero-order valence-electron chi connectivity index (χ0n) is 16.0. The number of nitrogens with zero attached hydrogens (tertiary/aromatic N) is 5. The van der Waals surface area contributed by atoms with Crippen LogP contribution >= 0.6 is 0 Å². The van der Waals surface area contributed by atoms with Gasteiger partial charge in [0, 0.05) is 57.3 Å². The topological polar surface area (TPSA) is 52.6 Å².